The molecular weight excluding hydrogens is 318 g/mol. The van der Waals surface area contributed by atoms with Gasteiger partial charge in [-0.2, -0.15) is 0 Å². The van der Waals surface area contributed by atoms with Crippen molar-refractivity contribution in [3.63, 3.8) is 0 Å². The van der Waals surface area contributed by atoms with Gasteiger partial charge in [-0.3, -0.25) is 4.79 Å². The number of halogens is 1. The number of rotatable bonds is 5. The molecule has 0 saturated carbocycles. The lowest BCUT2D eigenvalue weighted by Gasteiger charge is -2.35. The summed E-state index contributed by atoms with van der Waals surface area (Å²) in [5, 5.41) is 0.631. The van der Waals surface area contributed by atoms with Gasteiger partial charge in [0.2, 0.25) is 5.91 Å². The van der Waals surface area contributed by atoms with Gasteiger partial charge in [-0.1, -0.05) is 11.6 Å². The van der Waals surface area contributed by atoms with Crippen molar-refractivity contribution in [3.05, 3.63) is 23.4 Å². The highest BCUT2D eigenvalue weighted by Gasteiger charge is 2.22. The van der Waals surface area contributed by atoms with E-state index < -0.39 is 0 Å². The first-order valence-corrected chi connectivity index (χ1v) is 8.44. The molecule has 0 aromatic carbocycles. The second-order valence-corrected chi connectivity index (χ2v) is 6.29. The molecule has 126 valence electrons. The molecule has 2 aliphatic rings. The Morgan fingerprint density at radius 2 is 2.17 bits per heavy atom. The minimum atomic E-state index is 0.0479. The first kappa shape index (κ1) is 16.5. The fraction of sp³-hybridized carbons (Fsp3) is 0.625. The maximum Gasteiger partial charge on any atom is 0.248 e. The van der Waals surface area contributed by atoms with Crippen molar-refractivity contribution < 1.29 is 14.3 Å². The van der Waals surface area contributed by atoms with E-state index in [4.69, 9.17) is 21.1 Å². The van der Waals surface area contributed by atoms with E-state index in [0.29, 0.717) is 24.7 Å². The minimum Gasteiger partial charge on any atom is -0.376 e. The van der Waals surface area contributed by atoms with Gasteiger partial charge < -0.3 is 19.3 Å². The van der Waals surface area contributed by atoms with Crippen LogP contribution in [0.5, 0.6) is 0 Å². The smallest absolute Gasteiger partial charge is 0.248 e. The quantitative estimate of drug-likeness (QED) is 0.815. The highest BCUT2D eigenvalue weighted by atomic mass is 35.5. The van der Waals surface area contributed by atoms with Crippen LogP contribution in [0.2, 0.25) is 5.02 Å². The molecule has 2 fully saturated rings. The molecule has 6 nitrogen and oxygen atoms in total. The summed E-state index contributed by atoms with van der Waals surface area (Å²) in [5.74, 6) is 0.947. The fourth-order valence-electron chi connectivity index (χ4n) is 2.88. The molecule has 0 radical (unpaired) electrons. The van der Waals surface area contributed by atoms with E-state index in [1.165, 1.54) is 0 Å². The number of carbonyl (C=O) groups is 1. The first-order chi connectivity index (χ1) is 11.2. The van der Waals surface area contributed by atoms with Crippen LogP contribution in [0.4, 0.5) is 5.82 Å². The molecule has 0 bridgehead atoms. The average molecular weight is 340 g/mol. The molecule has 0 N–H and O–H groups in total. The lowest BCUT2D eigenvalue weighted by atomic mass is 10.2. The van der Waals surface area contributed by atoms with Crippen LogP contribution in [0.1, 0.15) is 12.8 Å². The third-order valence-electron chi connectivity index (χ3n) is 4.22. The van der Waals surface area contributed by atoms with E-state index >= 15 is 0 Å². The van der Waals surface area contributed by atoms with E-state index in [-0.39, 0.29) is 18.6 Å². The van der Waals surface area contributed by atoms with Gasteiger partial charge in [0.15, 0.2) is 0 Å². The van der Waals surface area contributed by atoms with Crippen LogP contribution in [0.25, 0.3) is 0 Å². The maximum atomic E-state index is 12.2. The zero-order valence-electron chi connectivity index (χ0n) is 13.1. The Morgan fingerprint density at radius 1 is 1.35 bits per heavy atom. The number of pyridine rings is 1. The summed E-state index contributed by atoms with van der Waals surface area (Å²) in [5.41, 5.74) is 0. The summed E-state index contributed by atoms with van der Waals surface area (Å²) in [6, 6.07) is 3.74. The number of carbonyl (C=O) groups excluding carboxylic acids is 1. The van der Waals surface area contributed by atoms with Crippen LogP contribution in [-0.2, 0) is 14.3 Å². The number of ether oxygens (including phenoxy) is 2. The van der Waals surface area contributed by atoms with Crippen LogP contribution < -0.4 is 4.90 Å². The molecule has 0 aliphatic carbocycles. The number of aromatic nitrogens is 1. The number of anilines is 1. The molecule has 3 rings (SSSR count). The van der Waals surface area contributed by atoms with E-state index in [1.54, 1.807) is 6.20 Å². The van der Waals surface area contributed by atoms with Crippen molar-refractivity contribution >= 4 is 23.3 Å². The van der Waals surface area contributed by atoms with Crippen molar-refractivity contribution in [3.8, 4) is 0 Å². The molecule has 1 atom stereocenters. The molecule has 2 aliphatic heterocycles. The Hall–Kier alpha value is -1.37. The summed E-state index contributed by atoms with van der Waals surface area (Å²) in [7, 11) is 0. The largest absolute Gasteiger partial charge is 0.376 e. The molecule has 0 spiro atoms. The van der Waals surface area contributed by atoms with Crippen molar-refractivity contribution in [2.75, 3.05) is 50.9 Å². The summed E-state index contributed by atoms with van der Waals surface area (Å²) >= 11 is 5.85. The maximum absolute atomic E-state index is 12.2. The average Bonchev–Trinajstić information content (AvgIpc) is 3.09. The van der Waals surface area contributed by atoms with Gasteiger partial charge in [-0.25, -0.2) is 4.98 Å². The fourth-order valence-corrected chi connectivity index (χ4v) is 3.00. The van der Waals surface area contributed by atoms with Crippen LogP contribution in [0.15, 0.2) is 18.3 Å². The summed E-state index contributed by atoms with van der Waals surface area (Å²) in [6.45, 7) is 4.37. The van der Waals surface area contributed by atoms with E-state index in [0.717, 1.165) is 38.4 Å². The van der Waals surface area contributed by atoms with Crippen molar-refractivity contribution in [2.45, 2.75) is 18.9 Å². The molecule has 1 aromatic heterocycles. The third-order valence-corrected chi connectivity index (χ3v) is 4.44. The lowest BCUT2D eigenvalue weighted by molar-refractivity contribution is -0.137. The molecule has 3 heterocycles. The van der Waals surface area contributed by atoms with Gasteiger partial charge in [0.25, 0.3) is 0 Å². The molecule has 1 amide bonds. The standard InChI is InChI=1S/C16H22ClN3O3/c17-13-3-4-15(18-10-13)19-5-7-20(8-6-19)16(21)12-22-11-14-2-1-9-23-14/h3-4,10,14H,1-2,5-9,11-12H2. The van der Waals surface area contributed by atoms with Gasteiger partial charge in [-0.15, -0.1) is 0 Å². The van der Waals surface area contributed by atoms with Crippen molar-refractivity contribution in [1.82, 2.24) is 9.88 Å². The van der Waals surface area contributed by atoms with E-state index in [2.05, 4.69) is 9.88 Å². The predicted molar refractivity (Wildman–Crippen MR) is 87.8 cm³/mol. The Kier molecular flexibility index (Phi) is 5.70. The Balaban J connectivity index is 1.39. The van der Waals surface area contributed by atoms with E-state index in [1.807, 2.05) is 17.0 Å². The second-order valence-electron chi connectivity index (χ2n) is 5.85. The van der Waals surface area contributed by atoms with Gasteiger partial charge in [0, 0.05) is 39.0 Å². The zero-order valence-corrected chi connectivity index (χ0v) is 13.9. The van der Waals surface area contributed by atoms with Crippen LogP contribution in [-0.4, -0.2) is 67.9 Å². The van der Waals surface area contributed by atoms with Crippen LogP contribution in [0, 0.1) is 0 Å². The monoisotopic (exact) mass is 339 g/mol. The number of piperazine rings is 1. The van der Waals surface area contributed by atoms with Gasteiger partial charge in [-0.05, 0) is 25.0 Å². The molecule has 7 heteroatoms. The van der Waals surface area contributed by atoms with Crippen molar-refractivity contribution in [2.24, 2.45) is 0 Å². The molecule has 1 unspecified atom stereocenters. The molecular formula is C16H22ClN3O3. The van der Waals surface area contributed by atoms with Gasteiger partial charge in [0.05, 0.1) is 17.7 Å². The third kappa shape index (κ3) is 4.56. The highest BCUT2D eigenvalue weighted by Crippen LogP contribution is 2.16. The Labute approximate surface area is 141 Å². The summed E-state index contributed by atoms with van der Waals surface area (Å²) in [4.78, 5) is 20.5. The zero-order chi connectivity index (χ0) is 16.1. The summed E-state index contributed by atoms with van der Waals surface area (Å²) in [6.07, 6.45) is 3.92. The number of amides is 1. The topological polar surface area (TPSA) is 54.9 Å². The Bertz CT molecular complexity index is 512. The number of hydrogen-bond donors (Lipinski definition) is 0. The van der Waals surface area contributed by atoms with Gasteiger partial charge in [0.1, 0.15) is 12.4 Å². The highest BCUT2D eigenvalue weighted by molar-refractivity contribution is 6.30. The van der Waals surface area contributed by atoms with E-state index in [9.17, 15) is 4.79 Å². The SMILES string of the molecule is O=C(COCC1CCCO1)N1CCN(c2ccc(Cl)cn2)CC1. The molecule has 23 heavy (non-hydrogen) atoms. The normalized spacial score (nSPS) is 21.7. The first-order valence-electron chi connectivity index (χ1n) is 8.06. The molecule has 2 saturated heterocycles. The van der Waals surface area contributed by atoms with Crippen molar-refractivity contribution in [1.29, 1.82) is 0 Å². The predicted octanol–water partition coefficient (Wildman–Crippen LogP) is 1.58. The molecule has 1 aromatic rings. The lowest BCUT2D eigenvalue weighted by Crippen LogP contribution is -2.50. The van der Waals surface area contributed by atoms with Crippen LogP contribution >= 0.6 is 11.6 Å². The minimum absolute atomic E-state index is 0.0479. The number of hydrogen-bond acceptors (Lipinski definition) is 5. The Morgan fingerprint density at radius 3 is 2.83 bits per heavy atom. The number of nitrogens with zero attached hydrogens (tertiary/aromatic N) is 3. The van der Waals surface area contributed by atoms with Gasteiger partial charge >= 0.3 is 0 Å². The summed E-state index contributed by atoms with van der Waals surface area (Å²) < 4.78 is 11.0. The second kappa shape index (κ2) is 7.95. The van der Waals surface area contributed by atoms with Crippen LogP contribution in [0.3, 0.4) is 0 Å².